The lowest BCUT2D eigenvalue weighted by molar-refractivity contribution is 0.0917. The minimum atomic E-state index is -0.594. The average Bonchev–Trinajstić information content (AvgIpc) is 2.46. The lowest BCUT2D eigenvalue weighted by Crippen LogP contribution is -2.13. The summed E-state index contributed by atoms with van der Waals surface area (Å²) in [6, 6.07) is 10.1. The smallest absolute Gasteiger partial charge is 0.203 e. The van der Waals surface area contributed by atoms with Crippen LogP contribution >= 0.6 is 11.6 Å². The largest absolute Gasteiger partial charge is 0.484 e. The predicted molar refractivity (Wildman–Crippen MR) is 73.1 cm³/mol. The number of halogens is 2. The number of carbonyl (C=O) groups excluding carboxylic acids is 2. The maximum absolute atomic E-state index is 13.4. The number of ether oxygens (including phenoxy) is 1. The Morgan fingerprint density at radius 1 is 1.25 bits per heavy atom. The van der Waals surface area contributed by atoms with Gasteiger partial charge < -0.3 is 4.74 Å². The van der Waals surface area contributed by atoms with Crippen LogP contribution in [0.3, 0.4) is 0 Å². The van der Waals surface area contributed by atoms with Crippen molar-refractivity contribution in [1.29, 1.82) is 0 Å². The first kappa shape index (κ1) is 14.2. The fourth-order valence-electron chi connectivity index (χ4n) is 1.62. The molecule has 0 aliphatic heterocycles. The Balaban J connectivity index is 2.07. The molecule has 2 rings (SSSR count). The molecule has 0 atom stereocenters. The van der Waals surface area contributed by atoms with Gasteiger partial charge in [0.05, 0.1) is 10.6 Å². The van der Waals surface area contributed by atoms with Crippen LogP contribution in [0.2, 0.25) is 5.02 Å². The molecule has 0 aromatic heterocycles. The highest BCUT2D eigenvalue weighted by Gasteiger charge is 2.12. The molecule has 2 aromatic carbocycles. The topological polar surface area (TPSA) is 43.4 Å². The van der Waals surface area contributed by atoms with Crippen LogP contribution in [-0.4, -0.2) is 18.7 Å². The third kappa shape index (κ3) is 3.22. The first-order valence-electron chi connectivity index (χ1n) is 5.77. The van der Waals surface area contributed by atoms with Crippen LogP contribution in [0.4, 0.5) is 4.39 Å². The van der Waals surface area contributed by atoms with E-state index in [1.165, 1.54) is 36.4 Å². The van der Waals surface area contributed by atoms with Crippen LogP contribution in [0.1, 0.15) is 20.7 Å². The zero-order valence-electron chi connectivity index (χ0n) is 10.3. The Hall–Kier alpha value is -2.20. The van der Waals surface area contributed by atoms with E-state index in [2.05, 4.69) is 0 Å². The van der Waals surface area contributed by atoms with E-state index in [1.54, 1.807) is 6.07 Å². The van der Waals surface area contributed by atoms with Gasteiger partial charge >= 0.3 is 0 Å². The summed E-state index contributed by atoms with van der Waals surface area (Å²) < 4.78 is 18.6. The second-order valence-electron chi connectivity index (χ2n) is 4.00. The molecular formula is C15H10ClFO3. The van der Waals surface area contributed by atoms with Gasteiger partial charge in [0, 0.05) is 5.56 Å². The SMILES string of the molecule is O=Cc1ccc(OCC(=O)c2ccccc2F)c(Cl)c1. The van der Waals surface area contributed by atoms with Gasteiger partial charge in [-0.2, -0.15) is 0 Å². The number of hydrogen-bond donors (Lipinski definition) is 0. The Morgan fingerprint density at radius 3 is 2.65 bits per heavy atom. The van der Waals surface area contributed by atoms with Gasteiger partial charge in [-0.1, -0.05) is 23.7 Å². The molecule has 3 nitrogen and oxygen atoms in total. The number of hydrogen-bond acceptors (Lipinski definition) is 3. The number of benzene rings is 2. The molecule has 0 amide bonds. The van der Waals surface area contributed by atoms with E-state index in [4.69, 9.17) is 16.3 Å². The summed E-state index contributed by atoms with van der Waals surface area (Å²) in [5.41, 5.74) is 0.371. The third-order valence-electron chi connectivity index (χ3n) is 2.63. The van der Waals surface area contributed by atoms with E-state index < -0.39 is 11.6 Å². The van der Waals surface area contributed by atoms with Crippen molar-refractivity contribution in [2.45, 2.75) is 0 Å². The lowest BCUT2D eigenvalue weighted by atomic mass is 10.1. The Labute approximate surface area is 119 Å². The Kier molecular flexibility index (Phi) is 4.48. The van der Waals surface area contributed by atoms with Crippen molar-refractivity contribution in [3.05, 3.63) is 64.4 Å². The second-order valence-corrected chi connectivity index (χ2v) is 4.41. The van der Waals surface area contributed by atoms with E-state index in [1.807, 2.05) is 0 Å². The maximum Gasteiger partial charge on any atom is 0.203 e. The molecule has 0 radical (unpaired) electrons. The molecule has 102 valence electrons. The van der Waals surface area contributed by atoms with Crippen molar-refractivity contribution in [3.63, 3.8) is 0 Å². The normalized spacial score (nSPS) is 10.1. The summed E-state index contributed by atoms with van der Waals surface area (Å²) in [6.07, 6.45) is 0.653. The van der Waals surface area contributed by atoms with E-state index in [0.717, 1.165) is 0 Å². The Morgan fingerprint density at radius 2 is 2.00 bits per heavy atom. The molecule has 0 fully saturated rings. The molecule has 0 aliphatic rings. The molecule has 0 bridgehead atoms. The fraction of sp³-hybridized carbons (Fsp3) is 0.0667. The van der Waals surface area contributed by atoms with E-state index >= 15 is 0 Å². The molecule has 0 aliphatic carbocycles. The van der Waals surface area contributed by atoms with Gasteiger partial charge in [-0.25, -0.2) is 4.39 Å². The molecule has 0 heterocycles. The summed E-state index contributed by atoms with van der Waals surface area (Å²) >= 11 is 5.90. The first-order chi connectivity index (χ1) is 9.61. The summed E-state index contributed by atoms with van der Waals surface area (Å²) in [6.45, 7) is -0.332. The van der Waals surface area contributed by atoms with E-state index in [0.29, 0.717) is 11.8 Å². The minimum Gasteiger partial charge on any atom is -0.484 e. The summed E-state index contributed by atoms with van der Waals surface area (Å²) in [5.74, 6) is -0.816. The van der Waals surface area contributed by atoms with Crippen LogP contribution in [0.5, 0.6) is 5.75 Å². The predicted octanol–water partition coefficient (Wildman–Crippen LogP) is 3.55. The highest BCUT2D eigenvalue weighted by Crippen LogP contribution is 2.25. The lowest BCUT2D eigenvalue weighted by Gasteiger charge is -2.08. The number of aldehydes is 1. The highest BCUT2D eigenvalue weighted by molar-refractivity contribution is 6.32. The van der Waals surface area contributed by atoms with Crippen molar-refractivity contribution in [1.82, 2.24) is 0 Å². The van der Waals surface area contributed by atoms with Gasteiger partial charge in [-0.15, -0.1) is 0 Å². The van der Waals surface area contributed by atoms with E-state index in [9.17, 15) is 14.0 Å². The minimum absolute atomic E-state index is 0.0341. The van der Waals surface area contributed by atoms with Crippen LogP contribution in [-0.2, 0) is 0 Å². The second kappa shape index (κ2) is 6.30. The molecule has 0 unspecified atom stereocenters. The molecule has 0 saturated heterocycles. The molecule has 2 aromatic rings. The molecule has 0 spiro atoms. The number of ketones is 1. The first-order valence-corrected chi connectivity index (χ1v) is 6.15. The van der Waals surface area contributed by atoms with Crippen LogP contribution in [0.15, 0.2) is 42.5 Å². The molecule has 20 heavy (non-hydrogen) atoms. The van der Waals surface area contributed by atoms with Crippen LogP contribution < -0.4 is 4.74 Å². The maximum atomic E-state index is 13.4. The van der Waals surface area contributed by atoms with Gasteiger partial charge in [0.15, 0.2) is 6.61 Å². The van der Waals surface area contributed by atoms with Crippen molar-refractivity contribution >= 4 is 23.7 Å². The number of Topliss-reactive ketones (excluding diaryl/α,β-unsaturated/α-hetero) is 1. The van der Waals surface area contributed by atoms with Gasteiger partial charge in [0.25, 0.3) is 0 Å². The Bertz CT molecular complexity index is 655. The zero-order valence-corrected chi connectivity index (χ0v) is 11.1. The van der Waals surface area contributed by atoms with Gasteiger partial charge in [0.1, 0.15) is 17.9 Å². The van der Waals surface area contributed by atoms with E-state index in [-0.39, 0.29) is 22.9 Å². The van der Waals surface area contributed by atoms with Gasteiger partial charge in [-0.05, 0) is 30.3 Å². The zero-order chi connectivity index (χ0) is 14.5. The van der Waals surface area contributed by atoms with Crippen molar-refractivity contribution in [3.8, 4) is 5.75 Å². The molecule has 0 saturated carbocycles. The molecule has 0 N–H and O–H groups in total. The highest BCUT2D eigenvalue weighted by atomic mass is 35.5. The van der Waals surface area contributed by atoms with Crippen molar-refractivity contribution < 1.29 is 18.7 Å². The molecule has 5 heteroatoms. The van der Waals surface area contributed by atoms with Crippen molar-refractivity contribution in [2.75, 3.05) is 6.61 Å². The summed E-state index contributed by atoms with van der Waals surface area (Å²) in [5, 5.41) is 0.218. The molecular weight excluding hydrogens is 283 g/mol. The van der Waals surface area contributed by atoms with Crippen molar-refractivity contribution in [2.24, 2.45) is 0 Å². The van der Waals surface area contributed by atoms with Gasteiger partial charge in [0.2, 0.25) is 5.78 Å². The quantitative estimate of drug-likeness (QED) is 0.625. The average molecular weight is 293 g/mol. The summed E-state index contributed by atoms with van der Waals surface area (Å²) in [4.78, 5) is 22.4. The van der Waals surface area contributed by atoms with Crippen LogP contribution in [0, 0.1) is 5.82 Å². The monoisotopic (exact) mass is 292 g/mol. The van der Waals surface area contributed by atoms with Gasteiger partial charge in [-0.3, -0.25) is 9.59 Å². The number of carbonyl (C=O) groups is 2. The third-order valence-corrected chi connectivity index (χ3v) is 2.92. The van der Waals surface area contributed by atoms with Crippen LogP contribution in [0.25, 0.3) is 0 Å². The standard InChI is InChI=1S/C15H10ClFO3/c16-12-7-10(8-18)5-6-15(12)20-9-14(19)11-3-1-2-4-13(11)17/h1-8H,9H2. The number of rotatable bonds is 5. The summed E-state index contributed by atoms with van der Waals surface area (Å²) in [7, 11) is 0. The fourth-order valence-corrected chi connectivity index (χ4v) is 1.86.